The minimum absolute atomic E-state index is 0.414. The Morgan fingerprint density at radius 2 is 1.89 bits per heavy atom. The fraction of sp³-hybridized carbons (Fsp3) is 0.286. The first-order valence-corrected chi connectivity index (χ1v) is 6.84. The van der Waals surface area contributed by atoms with E-state index in [0.717, 1.165) is 22.7 Å². The molecule has 2 rings (SSSR count). The molecule has 18 heavy (non-hydrogen) atoms. The van der Waals surface area contributed by atoms with Gasteiger partial charge in [-0.1, -0.05) is 19.1 Å². The minimum Gasteiger partial charge on any atom is -0.467 e. The number of ether oxygens (including phenoxy) is 1. The lowest BCUT2D eigenvalue weighted by molar-refractivity contribution is 0.379. The smallest absolute Gasteiger partial charge is 0.316 e. The number of hydrogen-bond donors (Lipinski definition) is 0. The van der Waals surface area contributed by atoms with Crippen LogP contribution in [0.15, 0.2) is 35.2 Å². The fourth-order valence-corrected chi connectivity index (χ4v) is 2.33. The first kappa shape index (κ1) is 12.9. The molecule has 1 heterocycles. The van der Waals surface area contributed by atoms with E-state index in [2.05, 4.69) is 41.2 Å². The van der Waals surface area contributed by atoms with E-state index in [1.807, 2.05) is 24.8 Å². The van der Waals surface area contributed by atoms with Gasteiger partial charge in [0, 0.05) is 16.2 Å². The minimum atomic E-state index is 0.414. The van der Waals surface area contributed by atoms with E-state index in [0.29, 0.717) is 6.01 Å². The highest BCUT2D eigenvalue weighted by molar-refractivity contribution is 7.99. The zero-order valence-electron chi connectivity index (χ0n) is 10.8. The summed E-state index contributed by atoms with van der Waals surface area (Å²) in [5, 5.41) is 0. The van der Waals surface area contributed by atoms with E-state index < -0.39 is 0 Å². The van der Waals surface area contributed by atoms with Crippen LogP contribution in [0.1, 0.15) is 12.6 Å². The SMILES string of the molecule is CCSc1ccc(-c2cc(C)nc(OC)n2)cc1. The summed E-state index contributed by atoms with van der Waals surface area (Å²) < 4.78 is 5.09. The highest BCUT2D eigenvalue weighted by atomic mass is 32.2. The molecular weight excluding hydrogens is 244 g/mol. The molecule has 0 aliphatic rings. The third kappa shape index (κ3) is 3.01. The number of aryl methyl sites for hydroxylation is 1. The van der Waals surface area contributed by atoms with Crippen LogP contribution in [-0.4, -0.2) is 22.8 Å². The summed E-state index contributed by atoms with van der Waals surface area (Å²) >= 11 is 1.83. The molecule has 1 aromatic carbocycles. The van der Waals surface area contributed by atoms with Gasteiger partial charge < -0.3 is 4.74 Å². The molecule has 0 aliphatic carbocycles. The molecule has 3 nitrogen and oxygen atoms in total. The maximum absolute atomic E-state index is 5.09. The van der Waals surface area contributed by atoms with Crippen molar-refractivity contribution in [2.45, 2.75) is 18.7 Å². The van der Waals surface area contributed by atoms with Crippen molar-refractivity contribution in [2.75, 3.05) is 12.9 Å². The van der Waals surface area contributed by atoms with Crippen molar-refractivity contribution >= 4 is 11.8 Å². The highest BCUT2D eigenvalue weighted by Gasteiger charge is 2.04. The summed E-state index contributed by atoms with van der Waals surface area (Å²) in [6, 6.07) is 10.8. The molecule has 0 saturated carbocycles. The lowest BCUT2D eigenvalue weighted by Crippen LogP contribution is -1.95. The molecule has 0 aliphatic heterocycles. The van der Waals surface area contributed by atoms with Crippen LogP contribution in [0.4, 0.5) is 0 Å². The van der Waals surface area contributed by atoms with Crippen LogP contribution in [0, 0.1) is 6.92 Å². The van der Waals surface area contributed by atoms with Gasteiger partial charge in [-0.2, -0.15) is 4.98 Å². The van der Waals surface area contributed by atoms with Crippen molar-refractivity contribution in [3.05, 3.63) is 36.0 Å². The van der Waals surface area contributed by atoms with Crippen molar-refractivity contribution < 1.29 is 4.74 Å². The Balaban J connectivity index is 2.33. The van der Waals surface area contributed by atoms with Crippen molar-refractivity contribution in [1.29, 1.82) is 0 Å². The van der Waals surface area contributed by atoms with Gasteiger partial charge >= 0.3 is 6.01 Å². The zero-order chi connectivity index (χ0) is 13.0. The standard InChI is InChI=1S/C14H16N2OS/c1-4-18-12-7-5-11(6-8-12)13-9-10(2)15-14(16-13)17-3/h5-9H,4H2,1-3H3. The molecule has 0 amide bonds. The van der Waals surface area contributed by atoms with Gasteiger partial charge in [-0.3, -0.25) is 0 Å². The largest absolute Gasteiger partial charge is 0.467 e. The molecule has 0 unspecified atom stereocenters. The second-order valence-electron chi connectivity index (χ2n) is 3.84. The number of rotatable bonds is 4. The maximum Gasteiger partial charge on any atom is 0.316 e. The predicted octanol–water partition coefficient (Wildman–Crippen LogP) is 3.57. The predicted molar refractivity (Wildman–Crippen MR) is 75.2 cm³/mol. The lowest BCUT2D eigenvalue weighted by Gasteiger charge is -2.05. The molecule has 4 heteroatoms. The molecule has 2 aromatic rings. The van der Waals surface area contributed by atoms with E-state index in [9.17, 15) is 0 Å². The Morgan fingerprint density at radius 3 is 2.50 bits per heavy atom. The van der Waals surface area contributed by atoms with Crippen LogP contribution in [-0.2, 0) is 0 Å². The van der Waals surface area contributed by atoms with Gasteiger partial charge in [0.25, 0.3) is 0 Å². The topological polar surface area (TPSA) is 35.0 Å². The Labute approximate surface area is 112 Å². The Bertz CT molecular complexity index is 526. The summed E-state index contributed by atoms with van der Waals surface area (Å²) in [6.45, 7) is 4.09. The third-order valence-electron chi connectivity index (χ3n) is 2.48. The number of thioether (sulfide) groups is 1. The molecular formula is C14H16N2OS. The molecule has 0 spiro atoms. The Hall–Kier alpha value is -1.55. The summed E-state index contributed by atoms with van der Waals surface area (Å²) in [5.41, 5.74) is 2.88. The fourth-order valence-electron chi connectivity index (χ4n) is 1.67. The highest BCUT2D eigenvalue weighted by Crippen LogP contribution is 2.24. The molecule has 0 fully saturated rings. The normalized spacial score (nSPS) is 10.4. The van der Waals surface area contributed by atoms with E-state index in [1.54, 1.807) is 7.11 Å². The van der Waals surface area contributed by atoms with Crippen LogP contribution >= 0.6 is 11.8 Å². The van der Waals surface area contributed by atoms with Gasteiger partial charge in [-0.15, -0.1) is 11.8 Å². The zero-order valence-corrected chi connectivity index (χ0v) is 11.6. The van der Waals surface area contributed by atoms with Crippen LogP contribution < -0.4 is 4.74 Å². The second kappa shape index (κ2) is 5.87. The summed E-state index contributed by atoms with van der Waals surface area (Å²) in [5.74, 6) is 1.08. The van der Waals surface area contributed by atoms with Gasteiger partial charge in [-0.05, 0) is 30.9 Å². The van der Waals surface area contributed by atoms with Crippen molar-refractivity contribution in [2.24, 2.45) is 0 Å². The summed E-state index contributed by atoms with van der Waals surface area (Å²) in [4.78, 5) is 9.82. The quantitative estimate of drug-likeness (QED) is 0.787. The van der Waals surface area contributed by atoms with Gasteiger partial charge in [0.1, 0.15) is 0 Å². The van der Waals surface area contributed by atoms with Crippen LogP contribution in [0.25, 0.3) is 11.3 Å². The number of methoxy groups -OCH3 is 1. The van der Waals surface area contributed by atoms with Crippen molar-refractivity contribution in [1.82, 2.24) is 9.97 Å². The monoisotopic (exact) mass is 260 g/mol. The molecule has 0 atom stereocenters. The molecule has 0 radical (unpaired) electrons. The number of hydrogen-bond acceptors (Lipinski definition) is 4. The van der Waals surface area contributed by atoms with E-state index in [4.69, 9.17) is 4.74 Å². The van der Waals surface area contributed by atoms with Crippen LogP contribution in [0.3, 0.4) is 0 Å². The van der Waals surface area contributed by atoms with Crippen LogP contribution in [0.5, 0.6) is 6.01 Å². The second-order valence-corrected chi connectivity index (χ2v) is 5.18. The average Bonchev–Trinajstić information content (AvgIpc) is 2.39. The van der Waals surface area contributed by atoms with Gasteiger partial charge in [0.05, 0.1) is 12.8 Å². The molecule has 0 bridgehead atoms. The number of aromatic nitrogens is 2. The van der Waals surface area contributed by atoms with E-state index >= 15 is 0 Å². The maximum atomic E-state index is 5.09. The van der Waals surface area contributed by atoms with Crippen molar-refractivity contribution in [3.63, 3.8) is 0 Å². The van der Waals surface area contributed by atoms with Gasteiger partial charge in [-0.25, -0.2) is 4.98 Å². The molecule has 0 saturated heterocycles. The molecule has 0 N–H and O–H groups in total. The first-order valence-electron chi connectivity index (χ1n) is 5.86. The molecule has 1 aromatic heterocycles. The Morgan fingerprint density at radius 1 is 1.17 bits per heavy atom. The van der Waals surface area contributed by atoms with Crippen LogP contribution in [0.2, 0.25) is 0 Å². The summed E-state index contributed by atoms with van der Waals surface area (Å²) in [7, 11) is 1.58. The lowest BCUT2D eigenvalue weighted by atomic mass is 10.1. The van der Waals surface area contributed by atoms with E-state index in [-0.39, 0.29) is 0 Å². The van der Waals surface area contributed by atoms with Gasteiger partial charge in [0.2, 0.25) is 0 Å². The van der Waals surface area contributed by atoms with Crippen molar-refractivity contribution in [3.8, 4) is 17.3 Å². The summed E-state index contributed by atoms with van der Waals surface area (Å²) in [6.07, 6.45) is 0. The van der Waals surface area contributed by atoms with Gasteiger partial charge in [0.15, 0.2) is 0 Å². The molecule has 94 valence electrons. The van der Waals surface area contributed by atoms with E-state index in [1.165, 1.54) is 4.90 Å². The average molecular weight is 260 g/mol. The first-order chi connectivity index (χ1) is 8.72. The third-order valence-corrected chi connectivity index (χ3v) is 3.37. The number of nitrogens with zero attached hydrogens (tertiary/aromatic N) is 2. The number of benzene rings is 1. The Kier molecular flexibility index (Phi) is 4.20.